The SMILES string of the molecule is O=C(NCc1ccc(-c2ccco2)nc1)c1ccc(Cl)s1. The largest absolute Gasteiger partial charge is 0.463 e. The van der Waals surface area contributed by atoms with Crippen molar-refractivity contribution in [3.63, 3.8) is 0 Å². The molecule has 0 fully saturated rings. The first-order valence-corrected chi connectivity index (χ1v) is 7.44. The Morgan fingerprint density at radius 3 is 2.81 bits per heavy atom. The monoisotopic (exact) mass is 318 g/mol. The van der Waals surface area contributed by atoms with E-state index in [9.17, 15) is 4.79 Å². The summed E-state index contributed by atoms with van der Waals surface area (Å²) in [6.45, 7) is 0.416. The van der Waals surface area contributed by atoms with Crippen molar-refractivity contribution in [1.82, 2.24) is 10.3 Å². The summed E-state index contributed by atoms with van der Waals surface area (Å²) in [5.74, 6) is 0.584. The van der Waals surface area contributed by atoms with E-state index >= 15 is 0 Å². The predicted octanol–water partition coefficient (Wildman–Crippen LogP) is 3.99. The molecule has 0 saturated carbocycles. The van der Waals surface area contributed by atoms with Crippen molar-refractivity contribution < 1.29 is 9.21 Å². The number of hydrogen-bond acceptors (Lipinski definition) is 4. The number of amides is 1. The maximum absolute atomic E-state index is 11.9. The van der Waals surface area contributed by atoms with Gasteiger partial charge in [-0.1, -0.05) is 17.7 Å². The van der Waals surface area contributed by atoms with E-state index in [0.29, 0.717) is 15.8 Å². The lowest BCUT2D eigenvalue weighted by Gasteiger charge is -2.04. The highest BCUT2D eigenvalue weighted by atomic mass is 35.5. The number of rotatable bonds is 4. The van der Waals surface area contributed by atoms with Crippen molar-refractivity contribution in [3.8, 4) is 11.5 Å². The maximum Gasteiger partial charge on any atom is 0.261 e. The van der Waals surface area contributed by atoms with Crippen LogP contribution in [0.2, 0.25) is 4.34 Å². The highest BCUT2D eigenvalue weighted by Gasteiger charge is 2.08. The van der Waals surface area contributed by atoms with Gasteiger partial charge in [0, 0.05) is 12.7 Å². The van der Waals surface area contributed by atoms with Crippen LogP contribution in [0.25, 0.3) is 11.5 Å². The van der Waals surface area contributed by atoms with Crippen LogP contribution in [0.1, 0.15) is 15.2 Å². The number of halogens is 1. The Morgan fingerprint density at radius 2 is 2.19 bits per heavy atom. The third-order valence-electron chi connectivity index (χ3n) is 2.85. The molecule has 6 heteroatoms. The lowest BCUT2D eigenvalue weighted by molar-refractivity contribution is 0.0955. The second-order valence-electron chi connectivity index (χ2n) is 4.32. The third kappa shape index (κ3) is 3.32. The van der Waals surface area contributed by atoms with Crippen molar-refractivity contribution in [2.24, 2.45) is 0 Å². The number of carbonyl (C=O) groups is 1. The van der Waals surface area contributed by atoms with Crippen LogP contribution in [0, 0.1) is 0 Å². The Labute approximate surface area is 130 Å². The average Bonchev–Trinajstić information content (AvgIpc) is 3.16. The standard InChI is InChI=1S/C15H11ClN2O2S/c16-14-6-5-13(21-14)15(19)18-9-10-3-4-11(17-8-10)12-2-1-7-20-12/h1-8H,9H2,(H,18,19). The van der Waals surface area contributed by atoms with E-state index in [1.807, 2.05) is 24.3 Å². The van der Waals surface area contributed by atoms with Gasteiger partial charge in [-0.3, -0.25) is 9.78 Å². The number of nitrogens with zero attached hydrogens (tertiary/aromatic N) is 1. The fourth-order valence-electron chi connectivity index (χ4n) is 1.80. The van der Waals surface area contributed by atoms with Crippen LogP contribution in [0.15, 0.2) is 53.3 Å². The topological polar surface area (TPSA) is 55.1 Å². The Bertz CT molecular complexity index is 735. The molecular formula is C15H11ClN2O2S. The van der Waals surface area contributed by atoms with Gasteiger partial charge in [0.15, 0.2) is 5.76 Å². The van der Waals surface area contributed by atoms with E-state index in [-0.39, 0.29) is 5.91 Å². The fraction of sp³-hybridized carbons (Fsp3) is 0.0667. The number of aromatic nitrogens is 1. The highest BCUT2D eigenvalue weighted by molar-refractivity contribution is 7.17. The molecule has 0 spiro atoms. The molecule has 0 saturated heterocycles. The second-order valence-corrected chi connectivity index (χ2v) is 6.03. The molecule has 0 aliphatic carbocycles. The molecule has 0 unspecified atom stereocenters. The van der Waals surface area contributed by atoms with Gasteiger partial charge in [-0.2, -0.15) is 0 Å². The molecule has 3 aromatic rings. The summed E-state index contributed by atoms with van der Waals surface area (Å²) in [5.41, 5.74) is 1.68. The first-order chi connectivity index (χ1) is 10.2. The normalized spacial score (nSPS) is 10.5. The minimum absolute atomic E-state index is 0.137. The maximum atomic E-state index is 11.9. The first-order valence-electron chi connectivity index (χ1n) is 6.25. The molecule has 0 atom stereocenters. The summed E-state index contributed by atoms with van der Waals surface area (Å²) in [5, 5.41) is 2.83. The molecule has 3 aromatic heterocycles. The molecule has 21 heavy (non-hydrogen) atoms. The Balaban J connectivity index is 1.62. The zero-order valence-corrected chi connectivity index (χ0v) is 12.4. The summed E-state index contributed by atoms with van der Waals surface area (Å²) < 4.78 is 5.88. The summed E-state index contributed by atoms with van der Waals surface area (Å²) in [7, 11) is 0. The minimum Gasteiger partial charge on any atom is -0.463 e. The van der Waals surface area contributed by atoms with Gasteiger partial charge in [0.1, 0.15) is 5.69 Å². The number of nitrogens with one attached hydrogen (secondary N) is 1. The highest BCUT2D eigenvalue weighted by Crippen LogP contribution is 2.21. The van der Waals surface area contributed by atoms with Crippen LogP contribution >= 0.6 is 22.9 Å². The van der Waals surface area contributed by atoms with Gasteiger partial charge >= 0.3 is 0 Å². The van der Waals surface area contributed by atoms with Gasteiger partial charge in [0.05, 0.1) is 15.5 Å². The molecule has 3 rings (SSSR count). The molecule has 106 valence electrons. The number of furan rings is 1. The van der Waals surface area contributed by atoms with Crippen LogP contribution in [-0.4, -0.2) is 10.9 Å². The molecular weight excluding hydrogens is 308 g/mol. The van der Waals surface area contributed by atoms with Gasteiger partial charge < -0.3 is 9.73 Å². The van der Waals surface area contributed by atoms with Crippen LogP contribution in [0.5, 0.6) is 0 Å². The lowest BCUT2D eigenvalue weighted by atomic mass is 10.2. The molecule has 1 amide bonds. The molecule has 3 heterocycles. The number of thiophene rings is 1. The van der Waals surface area contributed by atoms with Gasteiger partial charge in [0.25, 0.3) is 5.91 Å². The van der Waals surface area contributed by atoms with Crippen LogP contribution in [0.3, 0.4) is 0 Å². The first kappa shape index (κ1) is 13.9. The van der Waals surface area contributed by atoms with Gasteiger partial charge in [-0.05, 0) is 35.9 Å². The molecule has 0 bridgehead atoms. The summed E-state index contributed by atoms with van der Waals surface area (Å²) >= 11 is 7.06. The molecule has 0 aromatic carbocycles. The van der Waals surface area contributed by atoms with E-state index in [0.717, 1.165) is 17.0 Å². The molecule has 4 nitrogen and oxygen atoms in total. The van der Waals surface area contributed by atoms with E-state index in [1.54, 1.807) is 24.6 Å². The van der Waals surface area contributed by atoms with Crippen molar-refractivity contribution >= 4 is 28.8 Å². The van der Waals surface area contributed by atoms with Gasteiger partial charge in [-0.25, -0.2) is 0 Å². The average molecular weight is 319 g/mol. The lowest BCUT2D eigenvalue weighted by Crippen LogP contribution is -2.21. The molecule has 1 N–H and O–H groups in total. The molecule has 0 radical (unpaired) electrons. The predicted molar refractivity (Wildman–Crippen MR) is 82.4 cm³/mol. The number of pyridine rings is 1. The van der Waals surface area contributed by atoms with Crippen LogP contribution in [-0.2, 0) is 6.54 Å². The minimum atomic E-state index is -0.137. The fourth-order valence-corrected chi connectivity index (χ4v) is 2.76. The number of carbonyl (C=O) groups excluding carboxylic acids is 1. The van der Waals surface area contributed by atoms with Crippen molar-refractivity contribution in [2.75, 3.05) is 0 Å². The Hall–Kier alpha value is -2.11. The summed E-state index contributed by atoms with van der Waals surface area (Å²) in [4.78, 5) is 16.8. The van der Waals surface area contributed by atoms with E-state index in [2.05, 4.69) is 10.3 Å². The van der Waals surface area contributed by atoms with Crippen LogP contribution < -0.4 is 5.32 Å². The molecule has 0 aliphatic rings. The van der Waals surface area contributed by atoms with Gasteiger partial charge in [-0.15, -0.1) is 11.3 Å². The van der Waals surface area contributed by atoms with Crippen molar-refractivity contribution in [1.29, 1.82) is 0 Å². The smallest absolute Gasteiger partial charge is 0.261 e. The van der Waals surface area contributed by atoms with E-state index in [4.69, 9.17) is 16.0 Å². The van der Waals surface area contributed by atoms with Gasteiger partial charge in [0.2, 0.25) is 0 Å². The van der Waals surface area contributed by atoms with E-state index in [1.165, 1.54) is 11.3 Å². The summed E-state index contributed by atoms with van der Waals surface area (Å²) in [6, 6.07) is 10.9. The zero-order valence-electron chi connectivity index (χ0n) is 10.9. The second kappa shape index (κ2) is 6.11. The van der Waals surface area contributed by atoms with Crippen molar-refractivity contribution in [2.45, 2.75) is 6.54 Å². The Kier molecular flexibility index (Phi) is 4.03. The third-order valence-corrected chi connectivity index (χ3v) is 4.08. The quantitative estimate of drug-likeness (QED) is 0.791. The molecule has 0 aliphatic heterocycles. The number of hydrogen-bond donors (Lipinski definition) is 1. The van der Waals surface area contributed by atoms with Crippen LogP contribution in [0.4, 0.5) is 0 Å². The Morgan fingerprint density at radius 1 is 1.29 bits per heavy atom. The summed E-state index contributed by atoms with van der Waals surface area (Å²) in [6.07, 6.45) is 3.33. The zero-order chi connectivity index (χ0) is 14.7. The van der Waals surface area contributed by atoms with E-state index < -0.39 is 0 Å². The van der Waals surface area contributed by atoms with Crippen molar-refractivity contribution in [3.05, 3.63) is 63.6 Å².